The van der Waals surface area contributed by atoms with Gasteiger partial charge in [0.2, 0.25) is 0 Å². The maximum absolute atomic E-state index is 12.7. The molecule has 0 amide bonds. The van der Waals surface area contributed by atoms with Crippen molar-refractivity contribution >= 4 is 11.9 Å². The molecule has 0 aromatic rings. The quantitative estimate of drug-likeness (QED) is 0.0422. The zero-order valence-corrected chi connectivity index (χ0v) is 43.9. The number of allylic oxidation sites excluding steroid dienone is 2. The molecule has 11 N–H and O–H groups in total. The molecule has 7 fully saturated rings. The highest BCUT2D eigenvalue weighted by Crippen LogP contribution is 2.76. The van der Waals surface area contributed by atoms with E-state index in [-0.39, 0.29) is 39.9 Å². The van der Waals surface area contributed by atoms with E-state index in [1.807, 2.05) is 20.8 Å². The number of fused-ring (bicyclic) bond motifs is 5. The molecule has 4 saturated carbocycles. The number of hydrogen-bond acceptors (Lipinski definition) is 21. The first-order valence-electron chi connectivity index (χ1n) is 26.3. The van der Waals surface area contributed by atoms with Crippen molar-refractivity contribution in [1.29, 1.82) is 0 Å². The molecular weight excluding hydrogens is 961 g/mol. The van der Waals surface area contributed by atoms with E-state index in [0.29, 0.717) is 32.1 Å². The van der Waals surface area contributed by atoms with Crippen LogP contribution in [0.5, 0.6) is 0 Å². The van der Waals surface area contributed by atoms with Crippen molar-refractivity contribution in [3.8, 4) is 0 Å². The van der Waals surface area contributed by atoms with Gasteiger partial charge in [0.05, 0.1) is 38.1 Å². The lowest BCUT2D eigenvalue weighted by molar-refractivity contribution is -0.378. The Bertz CT molecular complexity index is 1930. The minimum absolute atomic E-state index is 0.0418. The molecule has 3 aliphatic heterocycles. The number of carbonyl (C=O) groups is 2. The molecule has 4 aliphatic carbocycles. The minimum atomic E-state index is -1.91. The Balaban J connectivity index is 1.10. The van der Waals surface area contributed by atoms with Crippen LogP contribution in [-0.2, 0) is 47.5 Å². The number of ether oxygens (including phenoxy) is 8. The molecule has 73 heavy (non-hydrogen) atoms. The monoisotopic (exact) mass is 1050 g/mol. The van der Waals surface area contributed by atoms with Crippen LogP contribution < -0.4 is 0 Å². The number of methoxy groups -OCH3 is 1. The lowest BCUT2D eigenvalue weighted by Crippen LogP contribution is -2.68. The van der Waals surface area contributed by atoms with Crippen molar-refractivity contribution < 1.29 is 104 Å². The molecule has 7 aliphatic rings. The van der Waals surface area contributed by atoms with Crippen LogP contribution in [0.1, 0.15) is 120 Å². The molecule has 0 aromatic heterocycles. The Kier molecular flexibility index (Phi) is 18.0. The van der Waals surface area contributed by atoms with Crippen molar-refractivity contribution in [1.82, 2.24) is 0 Å². The van der Waals surface area contributed by atoms with Gasteiger partial charge in [-0.2, -0.15) is 0 Å². The second kappa shape index (κ2) is 22.4. The highest BCUT2D eigenvalue weighted by molar-refractivity contribution is 5.91. The van der Waals surface area contributed by atoms with Gasteiger partial charge in [0, 0.05) is 0 Å². The van der Waals surface area contributed by atoms with Crippen LogP contribution in [0.15, 0.2) is 11.6 Å². The van der Waals surface area contributed by atoms with Crippen LogP contribution in [0.3, 0.4) is 0 Å². The second-order valence-corrected chi connectivity index (χ2v) is 24.1. The van der Waals surface area contributed by atoms with Gasteiger partial charge in [0.1, 0.15) is 86.3 Å². The Morgan fingerprint density at radius 2 is 1.23 bits per heavy atom. The van der Waals surface area contributed by atoms with Crippen molar-refractivity contribution in [2.75, 3.05) is 26.9 Å². The van der Waals surface area contributed by atoms with Gasteiger partial charge in [-0.1, -0.05) is 46.3 Å². The zero-order chi connectivity index (χ0) is 53.9. The SMILES string of the molecule is COC(=O)CC(=O)OC[C@H]1O[C@@H](O[C@H]2[C@H](O[C@H]3CC[C@]4(C)[C@H]5C[C@@H](O)[C@@H]6[C@@H]([C@](C)(CCC=C(C)C)O[C@@H]7O[C@H](CO)[C@@H](O)[C@H](O)[C@H]7O)CC[C@@]6(C)[C@]5(C)CC[C@H]4C3(C)C)O[C@H](CO)[C@@H](O)[C@@H]2O)[C@H](O)[C@@H](O)[C@@H]1O. The van der Waals surface area contributed by atoms with E-state index in [9.17, 15) is 65.8 Å². The smallest absolute Gasteiger partial charge is 0.317 e. The van der Waals surface area contributed by atoms with Gasteiger partial charge >= 0.3 is 11.9 Å². The molecular formula is C52H86O21. The van der Waals surface area contributed by atoms with Crippen molar-refractivity contribution in [3.05, 3.63) is 11.6 Å². The first-order chi connectivity index (χ1) is 34.1. The molecule has 0 unspecified atom stereocenters. The van der Waals surface area contributed by atoms with Gasteiger partial charge in [-0.05, 0) is 124 Å². The molecule has 0 bridgehead atoms. The van der Waals surface area contributed by atoms with Gasteiger partial charge in [-0.15, -0.1) is 0 Å². The summed E-state index contributed by atoms with van der Waals surface area (Å²) in [5.41, 5.74) is -1.33. The van der Waals surface area contributed by atoms with E-state index in [1.54, 1.807) is 0 Å². The topological polar surface area (TPSA) is 331 Å². The lowest BCUT2D eigenvalue weighted by Gasteiger charge is -2.71. The number of rotatable bonds is 16. The van der Waals surface area contributed by atoms with Gasteiger partial charge < -0.3 is 94.1 Å². The van der Waals surface area contributed by atoms with Gasteiger partial charge in [-0.3, -0.25) is 9.59 Å². The van der Waals surface area contributed by atoms with Crippen molar-refractivity contribution in [2.24, 2.45) is 45.3 Å². The van der Waals surface area contributed by atoms with Crippen LogP contribution >= 0.6 is 0 Å². The highest BCUT2D eigenvalue weighted by atomic mass is 16.8. The number of esters is 2. The Labute approximate surface area is 428 Å². The molecule has 3 heterocycles. The van der Waals surface area contributed by atoms with E-state index in [1.165, 1.54) is 0 Å². The van der Waals surface area contributed by atoms with Gasteiger partial charge in [-0.25, -0.2) is 0 Å². The number of aliphatic hydroxyl groups excluding tert-OH is 11. The van der Waals surface area contributed by atoms with Crippen LogP contribution in [0, 0.1) is 45.3 Å². The average Bonchev–Trinajstić information content (AvgIpc) is 3.72. The maximum atomic E-state index is 12.7. The predicted octanol–water partition coefficient (Wildman–Crippen LogP) is 0.0872. The van der Waals surface area contributed by atoms with Crippen LogP contribution in [-0.4, -0.2) is 205 Å². The summed E-state index contributed by atoms with van der Waals surface area (Å²) >= 11 is 0. The number of hydrogen-bond donors (Lipinski definition) is 11. The van der Waals surface area contributed by atoms with Crippen molar-refractivity contribution in [2.45, 2.75) is 230 Å². The average molecular weight is 1050 g/mol. The van der Waals surface area contributed by atoms with Crippen LogP contribution in [0.4, 0.5) is 0 Å². The normalized spacial score (nSPS) is 48.3. The standard InChI is InChI=1S/C52H86O21/c1-24(2)11-10-15-52(8,73-46-43(65)39(61)36(58)27(21-53)68-46)25-12-17-51(7)35(25)26(55)19-31-49(5)16-14-32(48(3,4)30(49)13-18-50(31,51)6)71-47-44(41(63)37(59)28(22-54)69-47)72-45-42(64)40(62)38(60)29(70-45)23-67-34(57)20-33(56)66-9/h11,25-32,35-47,53-55,58-65H,10,12-23H2,1-9H3/t25-,26+,27+,28+,29+,30-,31+,32-,35-,36+,37+,38+,39-,40-,41-,42+,43+,44+,45-,46-,47-,49-,50+,51+,52-/m0/s1. The molecule has 0 radical (unpaired) electrons. The Morgan fingerprint density at radius 1 is 0.658 bits per heavy atom. The fourth-order valence-electron chi connectivity index (χ4n) is 15.3. The molecule has 0 aromatic carbocycles. The van der Waals surface area contributed by atoms with Gasteiger partial charge in [0.15, 0.2) is 18.9 Å². The summed E-state index contributed by atoms with van der Waals surface area (Å²) in [6.45, 7) is 15.3. The summed E-state index contributed by atoms with van der Waals surface area (Å²) < 4.78 is 47.1. The fraction of sp³-hybridized carbons (Fsp3) is 0.923. The van der Waals surface area contributed by atoms with E-state index in [0.717, 1.165) is 38.4 Å². The summed E-state index contributed by atoms with van der Waals surface area (Å²) in [6.07, 6.45) is -17.7. The maximum Gasteiger partial charge on any atom is 0.317 e. The molecule has 7 rings (SSSR count). The Morgan fingerprint density at radius 3 is 1.85 bits per heavy atom. The summed E-state index contributed by atoms with van der Waals surface area (Å²) in [7, 11) is 1.09. The van der Waals surface area contributed by atoms with E-state index in [2.05, 4.69) is 45.4 Å². The molecule has 0 spiro atoms. The predicted molar refractivity (Wildman–Crippen MR) is 254 cm³/mol. The third-order valence-electron chi connectivity index (χ3n) is 19.5. The number of aliphatic hydroxyl groups is 11. The Hall–Kier alpha value is -2.00. The second-order valence-electron chi connectivity index (χ2n) is 24.1. The van der Waals surface area contributed by atoms with E-state index in [4.69, 9.17) is 33.2 Å². The third kappa shape index (κ3) is 10.7. The molecule has 21 heteroatoms. The lowest BCUT2D eigenvalue weighted by atomic mass is 9.35. The molecule has 21 nitrogen and oxygen atoms in total. The zero-order valence-electron chi connectivity index (χ0n) is 43.9. The van der Waals surface area contributed by atoms with Crippen molar-refractivity contribution in [3.63, 3.8) is 0 Å². The third-order valence-corrected chi connectivity index (χ3v) is 19.5. The molecule has 3 saturated heterocycles. The first-order valence-corrected chi connectivity index (χ1v) is 26.3. The summed E-state index contributed by atoms with van der Waals surface area (Å²) in [5, 5.41) is 121. The summed E-state index contributed by atoms with van der Waals surface area (Å²) in [4.78, 5) is 23.8. The van der Waals surface area contributed by atoms with Gasteiger partial charge in [0.25, 0.3) is 0 Å². The number of carbonyl (C=O) groups excluding carboxylic acids is 2. The largest absolute Gasteiger partial charge is 0.469 e. The van der Waals surface area contributed by atoms with Crippen LogP contribution in [0.2, 0.25) is 0 Å². The van der Waals surface area contributed by atoms with E-state index >= 15 is 0 Å². The van der Waals surface area contributed by atoms with Crippen LogP contribution in [0.25, 0.3) is 0 Å². The fourth-order valence-corrected chi connectivity index (χ4v) is 15.3. The summed E-state index contributed by atoms with van der Waals surface area (Å²) in [5.74, 6) is -2.17. The summed E-state index contributed by atoms with van der Waals surface area (Å²) in [6, 6.07) is 0. The molecule has 25 atom stereocenters. The minimum Gasteiger partial charge on any atom is -0.469 e. The van der Waals surface area contributed by atoms with E-state index < -0.39 is 154 Å². The highest BCUT2D eigenvalue weighted by Gasteiger charge is 2.72. The molecule has 420 valence electrons. The first kappa shape index (κ1) is 58.7.